The first-order valence-corrected chi connectivity index (χ1v) is 9.18. The molecule has 1 aromatic rings. The van der Waals surface area contributed by atoms with Crippen LogP contribution in [-0.4, -0.2) is 32.7 Å². The Morgan fingerprint density at radius 2 is 1.80 bits per heavy atom. The van der Waals surface area contributed by atoms with Gasteiger partial charge in [-0.05, 0) is 31.5 Å². The molecule has 0 saturated carbocycles. The highest BCUT2D eigenvalue weighted by Gasteiger charge is 2.31. The zero-order chi connectivity index (χ0) is 14.7. The van der Waals surface area contributed by atoms with Crippen molar-refractivity contribution in [2.75, 3.05) is 5.75 Å². The van der Waals surface area contributed by atoms with Crippen LogP contribution in [0.4, 0.5) is 0 Å². The second-order valence-electron chi connectivity index (χ2n) is 5.60. The highest BCUT2D eigenvalue weighted by atomic mass is 32.2. The average Bonchev–Trinajstić information content (AvgIpc) is 2.41. The molecule has 4 atom stereocenters. The van der Waals surface area contributed by atoms with Gasteiger partial charge in [0.15, 0.2) is 0 Å². The summed E-state index contributed by atoms with van der Waals surface area (Å²) in [4.78, 5) is 0. The third kappa shape index (κ3) is 4.09. The van der Waals surface area contributed by atoms with Crippen molar-refractivity contribution in [2.24, 2.45) is 0 Å². The van der Waals surface area contributed by atoms with E-state index in [1.165, 1.54) is 0 Å². The largest absolute Gasteiger partial charge is 0.491 e. The first kappa shape index (κ1) is 16.1. The molecule has 2 nitrogen and oxygen atoms in total. The maximum atomic E-state index is 10.5. The van der Waals surface area contributed by atoms with Crippen molar-refractivity contribution in [1.29, 1.82) is 0 Å². The molecule has 1 N–H and O–H groups in total. The number of aliphatic hydroxyl groups excluding tert-OH is 1. The smallest absolute Gasteiger partial charge is 0.119 e. The van der Waals surface area contributed by atoms with E-state index in [1.807, 2.05) is 61.6 Å². The van der Waals surface area contributed by atoms with Crippen LogP contribution in [-0.2, 0) is 0 Å². The van der Waals surface area contributed by atoms with E-state index in [9.17, 15) is 5.11 Å². The Labute approximate surface area is 130 Å². The second kappa shape index (κ2) is 7.10. The van der Waals surface area contributed by atoms with Crippen LogP contribution >= 0.6 is 23.5 Å². The predicted octanol–water partition coefficient (Wildman–Crippen LogP) is 4.13. The Balaban J connectivity index is 2.00. The van der Waals surface area contributed by atoms with Crippen LogP contribution in [0.5, 0.6) is 5.75 Å². The molecule has 1 aromatic carbocycles. The van der Waals surface area contributed by atoms with Crippen molar-refractivity contribution in [3.8, 4) is 5.75 Å². The standard InChI is InChI=1S/C16H24O2S2/c1-10(2)18-14-7-5-13(6-8-14)16(17)15-9-19-11(3)12(4)20-15/h5-8,10-12,15-17H,9H2,1-4H3. The summed E-state index contributed by atoms with van der Waals surface area (Å²) in [5.41, 5.74) is 0.987. The molecule has 0 amide bonds. The first-order valence-electron chi connectivity index (χ1n) is 7.19. The molecular weight excluding hydrogens is 288 g/mol. The molecule has 0 aromatic heterocycles. The summed E-state index contributed by atoms with van der Waals surface area (Å²) < 4.78 is 5.63. The zero-order valence-corrected chi connectivity index (χ0v) is 14.2. The highest BCUT2D eigenvalue weighted by Crippen LogP contribution is 2.41. The lowest BCUT2D eigenvalue weighted by Crippen LogP contribution is -2.30. The number of hydrogen-bond donors (Lipinski definition) is 1. The topological polar surface area (TPSA) is 29.5 Å². The van der Waals surface area contributed by atoms with E-state index in [-0.39, 0.29) is 11.4 Å². The average molecular weight is 312 g/mol. The molecule has 0 bridgehead atoms. The van der Waals surface area contributed by atoms with Gasteiger partial charge in [-0.15, -0.1) is 0 Å². The van der Waals surface area contributed by atoms with E-state index in [4.69, 9.17) is 4.74 Å². The van der Waals surface area contributed by atoms with Crippen molar-refractivity contribution >= 4 is 23.5 Å². The molecular formula is C16H24O2S2. The van der Waals surface area contributed by atoms with Gasteiger partial charge in [-0.2, -0.15) is 23.5 Å². The third-order valence-electron chi connectivity index (χ3n) is 3.52. The van der Waals surface area contributed by atoms with Gasteiger partial charge in [0.25, 0.3) is 0 Å². The molecule has 4 heteroatoms. The van der Waals surface area contributed by atoms with Crippen molar-refractivity contribution in [3.63, 3.8) is 0 Å². The van der Waals surface area contributed by atoms with Crippen molar-refractivity contribution < 1.29 is 9.84 Å². The SMILES string of the molecule is CC(C)Oc1ccc(C(O)C2CSC(C)C(C)S2)cc1. The summed E-state index contributed by atoms with van der Waals surface area (Å²) in [5.74, 6) is 1.88. The van der Waals surface area contributed by atoms with Crippen LogP contribution in [0, 0.1) is 0 Å². The van der Waals surface area contributed by atoms with Gasteiger partial charge >= 0.3 is 0 Å². The Morgan fingerprint density at radius 3 is 2.35 bits per heavy atom. The van der Waals surface area contributed by atoms with Gasteiger partial charge in [0.1, 0.15) is 5.75 Å². The van der Waals surface area contributed by atoms with Crippen LogP contribution < -0.4 is 4.74 Å². The van der Waals surface area contributed by atoms with Gasteiger partial charge in [0.2, 0.25) is 0 Å². The summed E-state index contributed by atoms with van der Waals surface area (Å²) in [6.45, 7) is 8.55. The molecule has 4 unspecified atom stereocenters. The second-order valence-corrected chi connectivity index (χ2v) is 8.63. The summed E-state index contributed by atoms with van der Waals surface area (Å²) in [5, 5.41) is 12.1. The lowest BCUT2D eigenvalue weighted by atomic mass is 10.1. The molecule has 1 heterocycles. The molecule has 0 spiro atoms. The monoisotopic (exact) mass is 312 g/mol. The van der Waals surface area contributed by atoms with Gasteiger partial charge in [0.05, 0.1) is 12.2 Å². The fourth-order valence-corrected chi connectivity index (χ4v) is 5.21. The normalized spacial score (nSPS) is 28.4. The molecule has 0 radical (unpaired) electrons. The molecule has 112 valence electrons. The minimum Gasteiger partial charge on any atom is -0.491 e. The van der Waals surface area contributed by atoms with Gasteiger partial charge in [-0.3, -0.25) is 0 Å². The van der Waals surface area contributed by atoms with Gasteiger partial charge in [-0.25, -0.2) is 0 Å². The maximum Gasteiger partial charge on any atom is 0.119 e. The zero-order valence-electron chi connectivity index (χ0n) is 12.6. The van der Waals surface area contributed by atoms with E-state index in [2.05, 4.69) is 13.8 Å². The summed E-state index contributed by atoms with van der Waals surface area (Å²) in [7, 11) is 0. The summed E-state index contributed by atoms with van der Waals surface area (Å²) in [6.07, 6.45) is -0.214. The lowest BCUT2D eigenvalue weighted by Gasteiger charge is -2.34. The minimum absolute atomic E-state index is 0.179. The maximum absolute atomic E-state index is 10.5. The van der Waals surface area contributed by atoms with Crippen molar-refractivity contribution in [1.82, 2.24) is 0 Å². The van der Waals surface area contributed by atoms with Crippen LogP contribution in [0.3, 0.4) is 0 Å². The van der Waals surface area contributed by atoms with Crippen LogP contribution in [0.25, 0.3) is 0 Å². The molecule has 1 aliphatic rings. The molecule has 1 aliphatic heterocycles. The van der Waals surface area contributed by atoms with Crippen molar-refractivity contribution in [3.05, 3.63) is 29.8 Å². The van der Waals surface area contributed by atoms with E-state index < -0.39 is 6.10 Å². The summed E-state index contributed by atoms with van der Waals surface area (Å²) >= 11 is 3.87. The number of rotatable bonds is 4. The number of aliphatic hydroxyl groups is 1. The van der Waals surface area contributed by atoms with E-state index in [0.29, 0.717) is 10.5 Å². The fraction of sp³-hybridized carbons (Fsp3) is 0.625. The van der Waals surface area contributed by atoms with Crippen LogP contribution in [0.1, 0.15) is 39.4 Å². The molecule has 0 aliphatic carbocycles. The van der Waals surface area contributed by atoms with Crippen LogP contribution in [0.2, 0.25) is 0 Å². The summed E-state index contributed by atoms with van der Waals surface area (Å²) in [6, 6.07) is 7.86. The lowest BCUT2D eigenvalue weighted by molar-refractivity contribution is 0.180. The molecule has 1 saturated heterocycles. The quantitative estimate of drug-likeness (QED) is 0.905. The fourth-order valence-electron chi connectivity index (χ4n) is 2.20. The Morgan fingerprint density at radius 1 is 1.15 bits per heavy atom. The van der Waals surface area contributed by atoms with E-state index in [0.717, 1.165) is 17.1 Å². The van der Waals surface area contributed by atoms with E-state index in [1.54, 1.807) is 0 Å². The number of hydrogen-bond acceptors (Lipinski definition) is 4. The number of benzene rings is 1. The highest BCUT2D eigenvalue weighted by molar-refractivity contribution is 8.07. The molecule has 1 fully saturated rings. The van der Waals surface area contributed by atoms with Gasteiger partial charge in [0, 0.05) is 21.5 Å². The Kier molecular flexibility index (Phi) is 5.70. The third-order valence-corrected chi connectivity index (χ3v) is 7.00. The predicted molar refractivity (Wildman–Crippen MR) is 89.9 cm³/mol. The number of thioether (sulfide) groups is 2. The van der Waals surface area contributed by atoms with E-state index >= 15 is 0 Å². The Bertz CT molecular complexity index is 419. The molecule has 20 heavy (non-hydrogen) atoms. The van der Waals surface area contributed by atoms with Crippen LogP contribution in [0.15, 0.2) is 24.3 Å². The van der Waals surface area contributed by atoms with Gasteiger partial charge < -0.3 is 9.84 Å². The minimum atomic E-state index is -0.393. The first-order chi connectivity index (χ1) is 9.47. The number of ether oxygens (including phenoxy) is 1. The van der Waals surface area contributed by atoms with Crippen molar-refractivity contribution in [2.45, 2.75) is 55.7 Å². The Hall–Kier alpha value is -0.320. The van der Waals surface area contributed by atoms with Gasteiger partial charge in [-0.1, -0.05) is 26.0 Å². The molecule has 2 rings (SSSR count).